The molecule has 0 bridgehead atoms. The standard InChI is InChI=1S/C12H25N3O.ClH/c1-4-5-11(13)12(16)15-8-6-10(7-9-15)14(2)3;/h10-11H,4-9,13H2,1-3H3;1H. The molecule has 4 nitrogen and oxygen atoms in total. The van der Waals surface area contributed by atoms with E-state index in [4.69, 9.17) is 5.73 Å². The Hall–Kier alpha value is -0.320. The number of hydrogen-bond acceptors (Lipinski definition) is 3. The van der Waals surface area contributed by atoms with Crippen LogP contribution in [0, 0.1) is 0 Å². The summed E-state index contributed by atoms with van der Waals surface area (Å²) in [6, 6.07) is 0.326. The number of halogens is 1. The van der Waals surface area contributed by atoms with Gasteiger partial charge in [-0.05, 0) is 33.4 Å². The van der Waals surface area contributed by atoms with Gasteiger partial charge in [0.25, 0.3) is 0 Å². The summed E-state index contributed by atoms with van der Waals surface area (Å²) in [7, 11) is 4.20. The molecule has 1 heterocycles. The summed E-state index contributed by atoms with van der Waals surface area (Å²) in [6.45, 7) is 3.78. The lowest BCUT2D eigenvalue weighted by atomic mass is 10.0. The molecule has 0 aromatic carbocycles. The van der Waals surface area contributed by atoms with Gasteiger partial charge in [0.05, 0.1) is 6.04 Å². The molecule has 17 heavy (non-hydrogen) atoms. The second-order valence-corrected chi connectivity index (χ2v) is 4.92. The van der Waals surface area contributed by atoms with Crippen molar-refractivity contribution in [2.75, 3.05) is 27.2 Å². The number of nitrogens with two attached hydrogens (primary N) is 1. The predicted molar refractivity (Wildman–Crippen MR) is 73.4 cm³/mol. The van der Waals surface area contributed by atoms with Gasteiger partial charge in [-0.2, -0.15) is 0 Å². The maximum Gasteiger partial charge on any atom is 0.239 e. The Balaban J connectivity index is 0.00000256. The second kappa shape index (κ2) is 7.90. The summed E-state index contributed by atoms with van der Waals surface area (Å²) >= 11 is 0. The normalized spacial score (nSPS) is 19.0. The summed E-state index contributed by atoms with van der Waals surface area (Å²) < 4.78 is 0. The maximum absolute atomic E-state index is 12.0. The topological polar surface area (TPSA) is 49.6 Å². The monoisotopic (exact) mass is 263 g/mol. The zero-order chi connectivity index (χ0) is 12.1. The van der Waals surface area contributed by atoms with Gasteiger partial charge in [0, 0.05) is 19.1 Å². The highest BCUT2D eigenvalue weighted by molar-refractivity contribution is 5.85. The van der Waals surface area contributed by atoms with E-state index in [0.717, 1.165) is 38.8 Å². The lowest BCUT2D eigenvalue weighted by Crippen LogP contribution is -2.49. The SMILES string of the molecule is CCCC(N)C(=O)N1CCC(N(C)C)CC1.Cl. The van der Waals surface area contributed by atoms with Crippen molar-refractivity contribution in [3.63, 3.8) is 0 Å². The minimum atomic E-state index is -0.291. The summed E-state index contributed by atoms with van der Waals surface area (Å²) in [5.41, 5.74) is 5.85. The zero-order valence-corrected chi connectivity index (χ0v) is 12.0. The highest BCUT2D eigenvalue weighted by Gasteiger charge is 2.26. The number of carbonyl (C=O) groups excluding carboxylic acids is 1. The fourth-order valence-electron chi connectivity index (χ4n) is 2.27. The zero-order valence-electron chi connectivity index (χ0n) is 11.2. The van der Waals surface area contributed by atoms with Gasteiger partial charge in [0.15, 0.2) is 0 Å². The first kappa shape index (κ1) is 16.7. The molecule has 0 aliphatic carbocycles. The van der Waals surface area contributed by atoms with Crippen LogP contribution in [0.4, 0.5) is 0 Å². The van der Waals surface area contributed by atoms with Gasteiger partial charge in [0.1, 0.15) is 0 Å². The van der Waals surface area contributed by atoms with Crippen molar-refractivity contribution in [1.82, 2.24) is 9.80 Å². The summed E-state index contributed by atoms with van der Waals surface area (Å²) in [4.78, 5) is 16.1. The highest BCUT2D eigenvalue weighted by atomic mass is 35.5. The third-order valence-corrected chi connectivity index (χ3v) is 3.42. The van der Waals surface area contributed by atoms with Crippen LogP contribution in [0.3, 0.4) is 0 Å². The molecule has 0 radical (unpaired) electrons. The number of likely N-dealkylation sites (tertiary alicyclic amines) is 1. The smallest absolute Gasteiger partial charge is 0.239 e. The van der Waals surface area contributed by atoms with Gasteiger partial charge in [0.2, 0.25) is 5.91 Å². The summed E-state index contributed by atoms with van der Waals surface area (Å²) in [5, 5.41) is 0. The Kier molecular flexibility index (Phi) is 7.75. The van der Waals surface area contributed by atoms with Crippen molar-refractivity contribution in [1.29, 1.82) is 0 Å². The van der Waals surface area contributed by atoms with E-state index in [-0.39, 0.29) is 24.4 Å². The van der Waals surface area contributed by atoms with Crippen LogP contribution in [0.2, 0.25) is 0 Å². The van der Waals surface area contributed by atoms with Crippen molar-refractivity contribution in [2.45, 2.75) is 44.7 Å². The molecule has 1 saturated heterocycles. The van der Waals surface area contributed by atoms with Crippen molar-refractivity contribution in [2.24, 2.45) is 5.73 Å². The molecule has 1 fully saturated rings. The largest absolute Gasteiger partial charge is 0.341 e. The Labute approximate surface area is 111 Å². The molecule has 1 rings (SSSR count). The van der Waals surface area contributed by atoms with E-state index in [1.807, 2.05) is 4.90 Å². The predicted octanol–water partition coefficient (Wildman–Crippen LogP) is 1.09. The highest BCUT2D eigenvalue weighted by Crippen LogP contribution is 2.15. The Morgan fingerprint density at radius 3 is 2.35 bits per heavy atom. The van der Waals surface area contributed by atoms with Gasteiger partial charge in [-0.1, -0.05) is 13.3 Å². The number of rotatable bonds is 4. The molecule has 5 heteroatoms. The quantitative estimate of drug-likeness (QED) is 0.826. The lowest BCUT2D eigenvalue weighted by Gasteiger charge is -2.36. The van der Waals surface area contributed by atoms with E-state index in [1.165, 1.54) is 0 Å². The molecule has 0 aromatic heterocycles. The van der Waals surface area contributed by atoms with Crippen molar-refractivity contribution >= 4 is 18.3 Å². The molecule has 1 aliphatic rings. The van der Waals surface area contributed by atoms with Crippen LogP contribution in [-0.2, 0) is 4.79 Å². The van der Waals surface area contributed by atoms with E-state index in [1.54, 1.807) is 0 Å². The number of amides is 1. The van der Waals surface area contributed by atoms with E-state index in [9.17, 15) is 4.79 Å². The number of hydrogen-bond donors (Lipinski definition) is 1. The minimum absolute atomic E-state index is 0. The molecule has 0 aromatic rings. The molecular formula is C12H26ClN3O. The van der Waals surface area contributed by atoms with Gasteiger partial charge in [-0.15, -0.1) is 12.4 Å². The van der Waals surface area contributed by atoms with Crippen molar-refractivity contribution in [3.05, 3.63) is 0 Å². The molecule has 1 atom stereocenters. The molecule has 1 unspecified atom stereocenters. The lowest BCUT2D eigenvalue weighted by molar-refractivity contribution is -0.134. The third kappa shape index (κ3) is 4.82. The van der Waals surface area contributed by atoms with Gasteiger partial charge in [-0.25, -0.2) is 0 Å². The molecule has 0 saturated carbocycles. The van der Waals surface area contributed by atoms with Crippen LogP contribution < -0.4 is 5.73 Å². The molecule has 102 valence electrons. The Bertz CT molecular complexity index is 228. The minimum Gasteiger partial charge on any atom is -0.341 e. The molecule has 1 aliphatic heterocycles. The first-order chi connectivity index (χ1) is 7.56. The van der Waals surface area contributed by atoms with E-state index in [2.05, 4.69) is 25.9 Å². The number of piperidine rings is 1. The average molecular weight is 264 g/mol. The fourth-order valence-corrected chi connectivity index (χ4v) is 2.27. The first-order valence-corrected chi connectivity index (χ1v) is 6.27. The number of carbonyl (C=O) groups is 1. The van der Waals surface area contributed by atoms with Crippen LogP contribution >= 0.6 is 12.4 Å². The van der Waals surface area contributed by atoms with Gasteiger partial charge in [-0.3, -0.25) is 4.79 Å². The molecular weight excluding hydrogens is 238 g/mol. The maximum atomic E-state index is 12.0. The van der Waals surface area contributed by atoms with Gasteiger partial charge >= 0.3 is 0 Å². The molecule has 2 N–H and O–H groups in total. The van der Waals surface area contributed by atoms with Crippen LogP contribution in [0.5, 0.6) is 0 Å². The third-order valence-electron chi connectivity index (χ3n) is 3.42. The van der Waals surface area contributed by atoms with Crippen LogP contribution in [-0.4, -0.2) is 55.0 Å². The molecule has 1 amide bonds. The van der Waals surface area contributed by atoms with E-state index < -0.39 is 0 Å². The number of nitrogens with zero attached hydrogens (tertiary/aromatic N) is 2. The first-order valence-electron chi connectivity index (χ1n) is 6.27. The molecule has 0 spiro atoms. The Morgan fingerprint density at radius 2 is 1.94 bits per heavy atom. The van der Waals surface area contributed by atoms with Crippen LogP contribution in [0.25, 0.3) is 0 Å². The van der Waals surface area contributed by atoms with Crippen LogP contribution in [0.15, 0.2) is 0 Å². The van der Waals surface area contributed by atoms with E-state index >= 15 is 0 Å². The van der Waals surface area contributed by atoms with Gasteiger partial charge < -0.3 is 15.5 Å². The summed E-state index contributed by atoms with van der Waals surface area (Å²) in [6.07, 6.45) is 3.91. The fraction of sp³-hybridized carbons (Fsp3) is 0.917. The summed E-state index contributed by atoms with van der Waals surface area (Å²) in [5.74, 6) is 0.138. The second-order valence-electron chi connectivity index (χ2n) is 4.92. The van der Waals surface area contributed by atoms with Crippen LogP contribution in [0.1, 0.15) is 32.6 Å². The Morgan fingerprint density at radius 1 is 1.41 bits per heavy atom. The van der Waals surface area contributed by atoms with Crippen molar-refractivity contribution in [3.8, 4) is 0 Å². The average Bonchev–Trinajstić information content (AvgIpc) is 2.28. The van der Waals surface area contributed by atoms with E-state index in [0.29, 0.717) is 6.04 Å². The van der Waals surface area contributed by atoms with Crippen molar-refractivity contribution < 1.29 is 4.79 Å².